The minimum absolute atomic E-state index is 0.0170. The van der Waals surface area contributed by atoms with Crippen LogP contribution < -0.4 is 5.32 Å². The van der Waals surface area contributed by atoms with Gasteiger partial charge in [0.05, 0.1) is 48.0 Å². The number of carbonyl (C=O) groups excluding carboxylic acids is 1. The first kappa shape index (κ1) is 21.7. The molecule has 1 amide bonds. The summed E-state index contributed by atoms with van der Waals surface area (Å²) in [6.07, 6.45) is 5.79. The van der Waals surface area contributed by atoms with Crippen molar-refractivity contribution in [2.45, 2.75) is 19.4 Å². The van der Waals surface area contributed by atoms with Gasteiger partial charge in [-0.2, -0.15) is 10.2 Å². The second kappa shape index (κ2) is 8.78. The summed E-state index contributed by atoms with van der Waals surface area (Å²) in [5.74, 6) is -0.160. The van der Waals surface area contributed by atoms with Gasteiger partial charge >= 0.3 is 0 Å². The number of nitrogens with zero attached hydrogens (tertiary/aromatic N) is 3. The standard InChI is InChI=1S/C27H25FN4O3/c1-16(20-3-2-4-21-23(28)15-35-26(20)21)30-25-12-29-31-24-6-5-18(11-22(24)25)17-7-9-32(10-8-17)27(33)19-13-34-14-19/h2-7,11-12,15-16,19H,8-10,13-14H2,1H3,(H,30,31)/t16-/m1/s1. The van der Waals surface area contributed by atoms with Crippen molar-refractivity contribution in [2.75, 3.05) is 31.6 Å². The van der Waals surface area contributed by atoms with Gasteiger partial charge in [-0.3, -0.25) is 4.79 Å². The summed E-state index contributed by atoms with van der Waals surface area (Å²) in [6, 6.07) is 11.5. The van der Waals surface area contributed by atoms with Crippen LogP contribution in [-0.4, -0.2) is 47.3 Å². The van der Waals surface area contributed by atoms with E-state index in [1.807, 2.05) is 30.0 Å². The third-order valence-electron chi connectivity index (χ3n) is 6.94. The number of anilines is 1. The molecular formula is C27H25FN4O3. The number of benzene rings is 2. The molecule has 1 atom stereocenters. The molecule has 4 heterocycles. The summed E-state index contributed by atoms with van der Waals surface area (Å²) in [4.78, 5) is 14.4. The number of fused-ring (bicyclic) bond motifs is 2. The molecule has 2 aliphatic rings. The normalized spacial score (nSPS) is 17.3. The molecule has 0 radical (unpaired) electrons. The third kappa shape index (κ3) is 3.93. The van der Waals surface area contributed by atoms with Crippen LogP contribution in [0.15, 0.2) is 59.4 Å². The van der Waals surface area contributed by atoms with Gasteiger partial charge in [-0.15, -0.1) is 0 Å². The number of furan rings is 1. The highest BCUT2D eigenvalue weighted by Gasteiger charge is 2.31. The van der Waals surface area contributed by atoms with Crippen LogP contribution in [0.25, 0.3) is 27.4 Å². The van der Waals surface area contributed by atoms with Crippen molar-refractivity contribution >= 4 is 39.0 Å². The summed E-state index contributed by atoms with van der Waals surface area (Å²) in [5.41, 5.74) is 5.35. The quantitative estimate of drug-likeness (QED) is 0.443. The first-order valence-corrected chi connectivity index (χ1v) is 11.8. The van der Waals surface area contributed by atoms with E-state index < -0.39 is 0 Å². The molecule has 0 spiro atoms. The van der Waals surface area contributed by atoms with E-state index in [-0.39, 0.29) is 23.7 Å². The molecule has 2 aromatic carbocycles. The van der Waals surface area contributed by atoms with E-state index in [1.54, 1.807) is 12.3 Å². The van der Waals surface area contributed by atoms with Gasteiger partial charge < -0.3 is 19.4 Å². The highest BCUT2D eigenvalue weighted by molar-refractivity contribution is 5.93. The Bertz CT molecular complexity index is 1460. The van der Waals surface area contributed by atoms with Crippen molar-refractivity contribution in [2.24, 2.45) is 5.92 Å². The molecule has 0 unspecified atom stereocenters. The zero-order chi connectivity index (χ0) is 23.9. The predicted molar refractivity (Wildman–Crippen MR) is 131 cm³/mol. The Labute approximate surface area is 201 Å². The fraction of sp³-hybridized carbons (Fsp3) is 0.296. The van der Waals surface area contributed by atoms with Gasteiger partial charge in [-0.05, 0) is 42.7 Å². The fourth-order valence-electron chi connectivity index (χ4n) is 4.84. The maximum Gasteiger partial charge on any atom is 0.230 e. The highest BCUT2D eigenvalue weighted by Crippen LogP contribution is 2.33. The molecule has 1 fully saturated rings. The summed E-state index contributed by atoms with van der Waals surface area (Å²) < 4.78 is 24.7. The second-order valence-electron chi connectivity index (χ2n) is 9.16. The van der Waals surface area contributed by atoms with Crippen molar-refractivity contribution in [1.82, 2.24) is 15.1 Å². The molecule has 178 valence electrons. The molecule has 1 saturated heterocycles. The van der Waals surface area contributed by atoms with Crippen LogP contribution in [0, 0.1) is 11.7 Å². The average molecular weight is 473 g/mol. The van der Waals surface area contributed by atoms with Crippen LogP contribution in [0.1, 0.15) is 30.5 Å². The molecule has 7 nitrogen and oxygen atoms in total. The number of ether oxygens (including phenoxy) is 1. The van der Waals surface area contributed by atoms with Gasteiger partial charge in [0.25, 0.3) is 0 Å². The molecule has 6 rings (SSSR count). The molecule has 2 aliphatic heterocycles. The Balaban J connectivity index is 1.27. The van der Waals surface area contributed by atoms with E-state index in [1.165, 1.54) is 5.57 Å². The van der Waals surface area contributed by atoms with E-state index in [9.17, 15) is 9.18 Å². The Kier molecular flexibility index (Phi) is 5.45. The zero-order valence-electron chi connectivity index (χ0n) is 19.3. The Hall–Kier alpha value is -3.78. The largest absolute Gasteiger partial charge is 0.461 e. The minimum Gasteiger partial charge on any atom is -0.461 e. The topological polar surface area (TPSA) is 80.5 Å². The molecule has 2 aromatic heterocycles. The van der Waals surface area contributed by atoms with E-state index in [0.717, 1.165) is 40.4 Å². The van der Waals surface area contributed by atoms with Crippen LogP contribution >= 0.6 is 0 Å². The lowest BCUT2D eigenvalue weighted by molar-refractivity contribution is -0.149. The zero-order valence-corrected chi connectivity index (χ0v) is 19.3. The second-order valence-corrected chi connectivity index (χ2v) is 9.16. The summed E-state index contributed by atoms with van der Waals surface area (Å²) in [6.45, 7) is 4.40. The monoisotopic (exact) mass is 472 g/mol. The summed E-state index contributed by atoms with van der Waals surface area (Å²) in [5, 5.41) is 13.4. The molecule has 35 heavy (non-hydrogen) atoms. The van der Waals surface area contributed by atoms with Crippen molar-refractivity contribution in [3.05, 3.63) is 71.9 Å². The summed E-state index contributed by atoms with van der Waals surface area (Å²) >= 11 is 0. The van der Waals surface area contributed by atoms with Crippen molar-refractivity contribution in [1.29, 1.82) is 0 Å². The minimum atomic E-state index is -0.364. The number of hydrogen-bond acceptors (Lipinski definition) is 6. The number of hydrogen-bond donors (Lipinski definition) is 1. The predicted octanol–water partition coefficient (Wildman–Crippen LogP) is 4.95. The lowest BCUT2D eigenvalue weighted by Gasteiger charge is -2.33. The van der Waals surface area contributed by atoms with Crippen molar-refractivity contribution < 1.29 is 18.3 Å². The molecule has 1 N–H and O–H groups in total. The van der Waals surface area contributed by atoms with E-state index in [0.29, 0.717) is 37.3 Å². The number of rotatable bonds is 5. The third-order valence-corrected chi connectivity index (χ3v) is 6.94. The van der Waals surface area contributed by atoms with Gasteiger partial charge in [-0.1, -0.05) is 24.3 Å². The maximum atomic E-state index is 14.0. The van der Waals surface area contributed by atoms with E-state index in [4.69, 9.17) is 9.15 Å². The van der Waals surface area contributed by atoms with Crippen LogP contribution in [-0.2, 0) is 9.53 Å². The summed E-state index contributed by atoms with van der Waals surface area (Å²) in [7, 11) is 0. The van der Waals surface area contributed by atoms with Gasteiger partial charge in [0.2, 0.25) is 5.91 Å². The SMILES string of the molecule is C[C@@H](Nc1cnnc2ccc(C3=CCN(C(=O)C4COC4)CC3)cc12)c1cccc2c(F)coc12. The fourth-order valence-corrected chi connectivity index (χ4v) is 4.84. The van der Waals surface area contributed by atoms with Gasteiger partial charge in [-0.25, -0.2) is 4.39 Å². The lowest BCUT2D eigenvalue weighted by Crippen LogP contribution is -2.46. The smallest absolute Gasteiger partial charge is 0.230 e. The van der Waals surface area contributed by atoms with E-state index in [2.05, 4.69) is 33.7 Å². The Morgan fingerprint density at radius 2 is 2.11 bits per heavy atom. The number of aromatic nitrogens is 2. The van der Waals surface area contributed by atoms with Crippen molar-refractivity contribution in [3.8, 4) is 0 Å². The van der Waals surface area contributed by atoms with E-state index >= 15 is 0 Å². The Morgan fingerprint density at radius 3 is 2.89 bits per heavy atom. The maximum absolute atomic E-state index is 14.0. The first-order chi connectivity index (χ1) is 17.1. The van der Waals surface area contributed by atoms with Crippen molar-refractivity contribution in [3.63, 3.8) is 0 Å². The number of para-hydroxylation sites is 1. The lowest BCUT2D eigenvalue weighted by atomic mass is 9.96. The van der Waals surface area contributed by atoms with Crippen LogP contribution in [0.3, 0.4) is 0 Å². The van der Waals surface area contributed by atoms with Gasteiger partial charge in [0, 0.05) is 24.0 Å². The molecular weight excluding hydrogens is 447 g/mol. The number of amides is 1. The molecule has 0 bridgehead atoms. The van der Waals surface area contributed by atoms with Crippen LogP contribution in [0.5, 0.6) is 0 Å². The van der Waals surface area contributed by atoms with Crippen LogP contribution in [0.2, 0.25) is 0 Å². The molecule has 0 saturated carbocycles. The Morgan fingerprint density at radius 1 is 1.23 bits per heavy atom. The molecule has 8 heteroatoms. The van der Waals surface area contributed by atoms with Gasteiger partial charge in [0.1, 0.15) is 11.8 Å². The number of nitrogens with one attached hydrogen (secondary N) is 1. The highest BCUT2D eigenvalue weighted by atomic mass is 19.1. The number of halogens is 1. The molecule has 4 aromatic rings. The van der Waals surface area contributed by atoms with Gasteiger partial charge in [0.15, 0.2) is 5.82 Å². The number of carbonyl (C=O) groups is 1. The van der Waals surface area contributed by atoms with Crippen LogP contribution in [0.4, 0.5) is 10.1 Å². The average Bonchev–Trinajstić information content (AvgIpc) is 3.24. The first-order valence-electron chi connectivity index (χ1n) is 11.8. The molecule has 0 aliphatic carbocycles.